The van der Waals surface area contributed by atoms with E-state index in [1.165, 1.54) is 0 Å². The monoisotopic (exact) mass is 421 g/mol. The lowest BCUT2D eigenvalue weighted by Crippen LogP contribution is -2.53. The molecule has 3 rings (SSSR count). The van der Waals surface area contributed by atoms with E-state index in [1.807, 2.05) is 30.3 Å². The smallest absolute Gasteiger partial charge is 0.369 e. The zero-order chi connectivity index (χ0) is 20.9. The molecule has 2 aromatic carbocycles. The Morgan fingerprint density at radius 2 is 1.50 bits per heavy atom. The van der Waals surface area contributed by atoms with E-state index in [4.69, 9.17) is 11.6 Å². The van der Waals surface area contributed by atoms with Crippen molar-refractivity contribution < 1.29 is 31.4 Å². The van der Waals surface area contributed by atoms with E-state index in [0.29, 0.717) is 29.9 Å². The first-order chi connectivity index (χ1) is 12.9. The molecule has 0 bridgehead atoms. The molecular formula is C19H14ClF6NO. The van der Waals surface area contributed by atoms with Gasteiger partial charge in [0, 0.05) is 23.2 Å². The zero-order valence-corrected chi connectivity index (χ0v) is 15.1. The maximum atomic E-state index is 13.2. The van der Waals surface area contributed by atoms with Crippen LogP contribution in [0.5, 0.6) is 0 Å². The number of nitrogens with zero attached hydrogens (tertiary/aromatic N) is 1. The van der Waals surface area contributed by atoms with E-state index in [1.54, 1.807) is 11.5 Å². The second-order valence-corrected chi connectivity index (χ2v) is 6.79. The number of fused-ring (bicyclic) bond motifs is 1. The fourth-order valence-corrected chi connectivity index (χ4v) is 3.38. The van der Waals surface area contributed by atoms with Crippen LogP contribution in [0.25, 0.3) is 10.9 Å². The van der Waals surface area contributed by atoms with Crippen LogP contribution in [0.1, 0.15) is 16.8 Å². The molecule has 3 aromatic rings. The Bertz CT molecular complexity index is 993. The number of hydrogen-bond donors (Lipinski definition) is 1. The van der Waals surface area contributed by atoms with E-state index in [0.717, 1.165) is 11.6 Å². The van der Waals surface area contributed by atoms with E-state index in [9.17, 15) is 31.4 Å². The summed E-state index contributed by atoms with van der Waals surface area (Å²) in [6.07, 6.45) is -11.9. The van der Waals surface area contributed by atoms with Crippen molar-refractivity contribution in [3.63, 3.8) is 0 Å². The molecule has 2 nitrogen and oxygen atoms in total. The SMILES string of the molecule is Cc1c(Cl)c2cc(C(O)(C(F)(F)F)C(F)(F)F)ccc2n1Cc1ccccc1. The van der Waals surface area contributed by atoms with Gasteiger partial charge in [-0.25, -0.2) is 0 Å². The predicted octanol–water partition coefficient (Wildman–Crippen LogP) is 5.96. The maximum absolute atomic E-state index is 13.2. The van der Waals surface area contributed by atoms with Gasteiger partial charge in [0.1, 0.15) is 0 Å². The standard InChI is InChI=1S/C19H14ClF6NO/c1-11-16(20)14-9-13(17(28,18(21,22)23)19(24,25)26)7-8-15(14)27(11)10-12-5-3-2-4-6-12/h2-9,28H,10H2,1H3. The van der Waals surface area contributed by atoms with Crippen LogP contribution in [0.15, 0.2) is 48.5 Å². The van der Waals surface area contributed by atoms with Gasteiger partial charge in [-0.15, -0.1) is 0 Å². The molecule has 1 N–H and O–H groups in total. The molecule has 1 heterocycles. The fraction of sp³-hybridized carbons (Fsp3) is 0.263. The molecule has 0 aliphatic carbocycles. The highest BCUT2D eigenvalue weighted by molar-refractivity contribution is 6.36. The van der Waals surface area contributed by atoms with Crippen LogP contribution in [0.4, 0.5) is 26.3 Å². The highest BCUT2D eigenvalue weighted by atomic mass is 35.5. The van der Waals surface area contributed by atoms with E-state index in [2.05, 4.69) is 0 Å². The third kappa shape index (κ3) is 3.14. The van der Waals surface area contributed by atoms with Gasteiger partial charge >= 0.3 is 12.4 Å². The zero-order valence-electron chi connectivity index (χ0n) is 14.4. The number of rotatable bonds is 3. The molecule has 0 atom stereocenters. The van der Waals surface area contributed by atoms with Gasteiger partial charge in [-0.1, -0.05) is 48.0 Å². The Hall–Kier alpha value is -2.19. The molecule has 0 radical (unpaired) electrons. The summed E-state index contributed by atoms with van der Waals surface area (Å²) < 4.78 is 80.6. The predicted molar refractivity (Wildman–Crippen MR) is 93.2 cm³/mol. The van der Waals surface area contributed by atoms with E-state index >= 15 is 0 Å². The summed E-state index contributed by atoms with van der Waals surface area (Å²) >= 11 is 6.20. The number of halogens is 7. The molecule has 9 heteroatoms. The molecular weight excluding hydrogens is 408 g/mol. The first-order valence-electron chi connectivity index (χ1n) is 8.06. The molecule has 0 spiro atoms. The van der Waals surface area contributed by atoms with E-state index < -0.39 is 23.5 Å². The van der Waals surface area contributed by atoms with Crippen LogP contribution >= 0.6 is 11.6 Å². The van der Waals surface area contributed by atoms with Gasteiger partial charge in [0.2, 0.25) is 0 Å². The molecule has 1 aromatic heterocycles. The Morgan fingerprint density at radius 3 is 2.04 bits per heavy atom. The van der Waals surface area contributed by atoms with Crippen molar-refractivity contribution in [2.75, 3.05) is 0 Å². The molecule has 150 valence electrons. The number of hydrogen-bond acceptors (Lipinski definition) is 1. The summed E-state index contributed by atoms with van der Waals surface area (Å²) in [6, 6.07) is 11.5. The first-order valence-corrected chi connectivity index (χ1v) is 8.44. The summed E-state index contributed by atoms with van der Waals surface area (Å²) in [5.74, 6) is 0. The fourth-order valence-electron chi connectivity index (χ4n) is 3.12. The molecule has 0 unspecified atom stereocenters. The van der Waals surface area contributed by atoms with Crippen LogP contribution < -0.4 is 0 Å². The summed E-state index contributed by atoms with van der Waals surface area (Å²) in [7, 11) is 0. The summed E-state index contributed by atoms with van der Waals surface area (Å²) in [4.78, 5) is 0. The Morgan fingerprint density at radius 1 is 0.929 bits per heavy atom. The van der Waals surface area contributed by atoms with Gasteiger partial charge < -0.3 is 9.67 Å². The number of aliphatic hydroxyl groups is 1. The van der Waals surface area contributed by atoms with Crippen LogP contribution in [0.3, 0.4) is 0 Å². The molecule has 0 fully saturated rings. The molecule has 28 heavy (non-hydrogen) atoms. The van der Waals surface area contributed by atoms with Gasteiger partial charge in [0.15, 0.2) is 0 Å². The normalized spacial score (nSPS) is 13.3. The van der Waals surface area contributed by atoms with E-state index in [-0.39, 0.29) is 10.4 Å². The molecule has 0 aliphatic rings. The van der Waals surface area contributed by atoms with Crippen molar-refractivity contribution in [2.45, 2.75) is 31.4 Å². The first kappa shape index (κ1) is 20.5. The minimum atomic E-state index is -5.95. The number of aromatic nitrogens is 1. The van der Waals surface area contributed by atoms with Crippen molar-refractivity contribution in [2.24, 2.45) is 0 Å². The Labute approximate surface area is 161 Å². The lowest BCUT2D eigenvalue weighted by atomic mass is 9.91. The molecule has 0 saturated carbocycles. The van der Waals surface area contributed by atoms with Gasteiger partial charge in [0.25, 0.3) is 5.60 Å². The Balaban J connectivity index is 2.19. The lowest BCUT2D eigenvalue weighted by molar-refractivity contribution is -0.376. The van der Waals surface area contributed by atoms with Crippen molar-refractivity contribution in [1.82, 2.24) is 4.57 Å². The summed E-state index contributed by atoms with van der Waals surface area (Å²) in [5.41, 5.74) is -4.60. The van der Waals surface area contributed by atoms with Crippen molar-refractivity contribution in [1.29, 1.82) is 0 Å². The van der Waals surface area contributed by atoms with Gasteiger partial charge in [-0.05, 0) is 24.6 Å². The average Bonchev–Trinajstić information content (AvgIpc) is 2.84. The average molecular weight is 422 g/mol. The van der Waals surface area contributed by atoms with Crippen molar-refractivity contribution >= 4 is 22.5 Å². The third-order valence-electron chi connectivity index (χ3n) is 4.67. The van der Waals surface area contributed by atoms with Gasteiger partial charge in [-0.3, -0.25) is 0 Å². The third-order valence-corrected chi connectivity index (χ3v) is 5.15. The minimum Gasteiger partial charge on any atom is -0.369 e. The largest absolute Gasteiger partial charge is 0.430 e. The molecule has 0 aliphatic heterocycles. The van der Waals surface area contributed by atoms with Crippen LogP contribution in [-0.4, -0.2) is 22.0 Å². The Kier molecular flexibility index (Phi) is 4.92. The highest BCUT2D eigenvalue weighted by Gasteiger charge is 2.71. The van der Waals surface area contributed by atoms with Crippen molar-refractivity contribution in [3.05, 3.63) is 70.4 Å². The number of alkyl halides is 6. The van der Waals surface area contributed by atoms with Crippen LogP contribution in [-0.2, 0) is 12.1 Å². The van der Waals surface area contributed by atoms with Crippen molar-refractivity contribution in [3.8, 4) is 0 Å². The summed E-state index contributed by atoms with van der Waals surface area (Å²) in [5, 5.41) is 9.64. The van der Waals surface area contributed by atoms with Crippen LogP contribution in [0.2, 0.25) is 5.02 Å². The quantitative estimate of drug-likeness (QED) is 0.518. The minimum absolute atomic E-state index is 0.000442. The molecule has 0 amide bonds. The second kappa shape index (κ2) is 6.70. The second-order valence-electron chi connectivity index (χ2n) is 6.41. The highest BCUT2D eigenvalue weighted by Crippen LogP contribution is 2.50. The maximum Gasteiger partial charge on any atom is 0.430 e. The van der Waals surface area contributed by atoms with Crippen LogP contribution in [0, 0.1) is 6.92 Å². The van der Waals surface area contributed by atoms with Gasteiger partial charge in [0.05, 0.1) is 10.5 Å². The topological polar surface area (TPSA) is 25.2 Å². The summed E-state index contributed by atoms with van der Waals surface area (Å²) in [6.45, 7) is 1.95. The lowest BCUT2D eigenvalue weighted by Gasteiger charge is -2.32. The van der Waals surface area contributed by atoms with Gasteiger partial charge in [-0.2, -0.15) is 26.3 Å². The number of benzene rings is 2. The molecule has 0 saturated heterocycles.